The molecule has 20 heavy (non-hydrogen) atoms. The van der Waals surface area contributed by atoms with Crippen molar-refractivity contribution in [1.82, 2.24) is 10.2 Å². The summed E-state index contributed by atoms with van der Waals surface area (Å²) in [5.41, 5.74) is 8.34. The van der Waals surface area contributed by atoms with Crippen molar-refractivity contribution < 1.29 is 4.92 Å². The number of anilines is 1. The zero-order valence-electron chi connectivity index (χ0n) is 10.1. The molecule has 6 nitrogen and oxygen atoms in total. The van der Waals surface area contributed by atoms with Crippen LogP contribution >= 0.6 is 11.6 Å². The van der Waals surface area contributed by atoms with Gasteiger partial charge in [-0.25, -0.2) is 0 Å². The molecule has 0 radical (unpaired) electrons. The van der Waals surface area contributed by atoms with E-state index in [1.807, 2.05) is 12.1 Å². The molecule has 0 aliphatic rings. The molecule has 0 saturated carbocycles. The number of hydrogen-bond acceptors (Lipinski definition) is 4. The molecule has 3 rings (SSSR count). The van der Waals surface area contributed by atoms with E-state index in [0.717, 1.165) is 10.9 Å². The molecular weight excluding hydrogens is 280 g/mol. The van der Waals surface area contributed by atoms with Crippen LogP contribution in [0.25, 0.3) is 22.2 Å². The first-order chi connectivity index (χ1) is 9.58. The number of nitrogens with zero attached hydrogens (tertiary/aromatic N) is 2. The second-order valence-electron chi connectivity index (χ2n) is 4.26. The van der Waals surface area contributed by atoms with E-state index in [1.54, 1.807) is 12.1 Å². The summed E-state index contributed by atoms with van der Waals surface area (Å²) in [5, 5.41) is 18.9. The van der Waals surface area contributed by atoms with E-state index < -0.39 is 4.92 Å². The van der Waals surface area contributed by atoms with Crippen LogP contribution in [0, 0.1) is 10.1 Å². The van der Waals surface area contributed by atoms with Gasteiger partial charge < -0.3 is 5.73 Å². The van der Waals surface area contributed by atoms with Crippen molar-refractivity contribution in [3.05, 3.63) is 51.5 Å². The van der Waals surface area contributed by atoms with Gasteiger partial charge in [0.1, 0.15) is 5.69 Å². The topological polar surface area (TPSA) is 97.8 Å². The number of rotatable bonds is 2. The summed E-state index contributed by atoms with van der Waals surface area (Å²) in [6.45, 7) is 0. The first-order valence-electron chi connectivity index (χ1n) is 5.75. The maximum absolute atomic E-state index is 10.7. The Morgan fingerprint density at radius 3 is 2.80 bits per heavy atom. The molecule has 0 unspecified atom stereocenters. The number of nitrogen functional groups attached to an aromatic ring is 1. The highest BCUT2D eigenvalue weighted by atomic mass is 35.5. The number of aromatic nitrogens is 2. The van der Waals surface area contributed by atoms with E-state index in [-0.39, 0.29) is 10.7 Å². The minimum Gasteiger partial charge on any atom is -0.397 e. The van der Waals surface area contributed by atoms with Gasteiger partial charge in [0.15, 0.2) is 0 Å². The number of non-ortho nitro benzene ring substituents is 1. The molecule has 7 heteroatoms. The Morgan fingerprint density at radius 2 is 2.10 bits per heavy atom. The first-order valence-corrected chi connectivity index (χ1v) is 6.12. The van der Waals surface area contributed by atoms with Crippen LogP contribution in [0.5, 0.6) is 0 Å². The molecule has 0 atom stereocenters. The zero-order chi connectivity index (χ0) is 14.3. The third-order valence-corrected chi connectivity index (χ3v) is 3.36. The van der Waals surface area contributed by atoms with Crippen molar-refractivity contribution in [3.63, 3.8) is 0 Å². The van der Waals surface area contributed by atoms with E-state index >= 15 is 0 Å². The number of benzene rings is 2. The molecule has 3 N–H and O–H groups in total. The molecule has 0 aliphatic carbocycles. The molecule has 0 spiro atoms. The Balaban J connectivity index is 2.21. The molecule has 2 aromatic carbocycles. The van der Waals surface area contributed by atoms with Crippen LogP contribution in [0.4, 0.5) is 11.4 Å². The Kier molecular flexibility index (Phi) is 2.80. The summed E-state index contributed by atoms with van der Waals surface area (Å²) in [6.07, 6.45) is 0. The zero-order valence-corrected chi connectivity index (χ0v) is 10.9. The number of fused-ring (bicyclic) bond motifs is 1. The van der Waals surface area contributed by atoms with Crippen LogP contribution in [0.3, 0.4) is 0 Å². The number of para-hydroxylation sites is 1. The lowest BCUT2D eigenvalue weighted by atomic mass is 10.1. The number of hydrogen-bond donors (Lipinski definition) is 2. The van der Waals surface area contributed by atoms with Gasteiger partial charge in [-0.1, -0.05) is 23.7 Å². The van der Waals surface area contributed by atoms with Gasteiger partial charge in [-0.2, -0.15) is 5.10 Å². The highest BCUT2D eigenvalue weighted by Crippen LogP contribution is 2.35. The number of nitro groups is 1. The molecule has 0 bridgehead atoms. The van der Waals surface area contributed by atoms with Gasteiger partial charge in [-0.15, -0.1) is 0 Å². The van der Waals surface area contributed by atoms with Crippen LogP contribution in [0.1, 0.15) is 0 Å². The number of nitrogens with two attached hydrogens (primary N) is 1. The van der Waals surface area contributed by atoms with Gasteiger partial charge in [0, 0.05) is 23.1 Å². The first kappa shape index (κ1) is 12.4. The third kappa shape index (κ3) is 1.86. The van der Waals surface area contributed by atoms with Gasteiger partial charge in [0.2, 0.25) is 0 Å². The lowest BCUT2D eigenvalue weighted by Gasteiger charge is -2.02. The molecule has 3 aromatic rings. The number of aromatic amines is 1. The van der Waals surface area contributed by atoms with Crippen molar-refractivity contribution in [2.24, 2.45) is 0 Å². The summed E-state index contributed by atoms with van der Waals surface area (Å²) in [7, 11) is 0. The predicted octanol–water partition coefficient (Wildman–Crippen LogP) is 3.37. The van der Waals surface area contributed by atoms with Crippen molar-refractivity contribution >= 4 is 33.9 Å². The minimum absolute atomic E-state index is 0.0573. The number of nitro benzene ring substituents is 1. The van der Waals surface area contributed by atoms with Crippen LogP contribution in [-0.4, -0.2) is 15.1 Å². The standard InChI is InChI=1S/C13H9ClN4O2/c14-10-6-7(18(19)20)4-5-8(10)12-9-2-1-3-11(15)13(9)17-16-12/h1-6H,15H2,(H,16,17). The fraction of sp³-hybridized carbons (Fsp3) is 0. The summed E-state index contributed by atoms with van der Waals surface area (Å²) in [5.74, 6) is 0. The predicted molar refractivity (Wildman–Crippen MR) is 77.6 cm³/mol. The van der Waals surface area contributed by atoms with E-state index in [9.17, 15) is 10.1 Å². The number of H-pyrrole nitrogens is 1. The molecule has 0 amide bonds. The van der Waals surface area contributed by atoms with Crippen LogP contribution < -0.4 is 5.73 Å². The van der Waals surface area contributed by atoms with Crippen molar-refractivity contribution in [2.75, 3.05) is 5.73 Å². The van der Waals surface area contributed by atoms with Gasteiger partial charge in [0.25, 0.3) is 5.69 Å². The summed E-state index contributed by atoms with van der Waals surface area (Å²) in [4.78, 5) is 10.2. The average Bonchev–Trinajstić information content (AvgIpc) is 2.84. The van der Waals surface area contributed by atoms with E-state index in [1.165, 1.54) is 12.1 Å². The molecular formula is C13H9ClN4O2. The Morgan fingerprint density at radius 1 is 1.30 bits per heavy atom. The summed E-state index contributed by atoms with van der Waals surface area (Å²) < 4.78 is 0. The summed E-state index contributed by atoms with van der Waals surface area (Å²) >= 11 is 6.12. The van der Waals surface area contributed by atoms with Crippen LogP contribution in [-0.2, 0) is 0 Å². The van der Waals surface area contributed by atoms with Gasteiger partial charge in [-0.3, -0.25) is 15.2 Å². The monoisotopic (exact) mass is 288 g/mol. The van der Waals surface area contributed by atoms with Crippen LogP contribution in [0.15, 0.2) is 36.4 Å². The van der Waals surface area contributed by atoms with Crippen molar-refractivity contribution in [1.29, 1.82) is 0 Å². The average molecular weight is 289 g/mol. The van der Waals surface area contributed by atoms with Gasteiger partial charge in [0.05, 0.1) is 21.2 Å². The number of halogens is 1. The van der Waals surface area contributed by atoms with Crippen LogP contribution in [0.2, 0.25) is 5.02 Å². The maximum Gasteiger partial charge on any atom is 0.270 e. The highest BCUT2D eigenvalue weighted by Gasteiger charge is 2.15. The number of nitrogens with one attached hydrogen (secondary N) is 1. The summed E-state index contributed by atoms with van der Waals surface area (Å²) in [6, 6.07) is 9.73. The quantitative estimate of drug-likeness (QED) is 0.429. The van der Waals surface area contributed by atoms with Crippen molar-refractivity contribution in [2.45, 2.75) is 0 Å². The molecule has 1 aromatic heterocycles. The molecule has 100 valence electrons. The fourth-order valence-corrected chi connectivity index (χ4v) is 2.34. The lowest BCUT2D eigenvalue weighted by Crippen LogP contribution is -1.89. The molecule has 0 fully saturated rings. The molecule has 0 aliphatic heterocycles. The van der Waals surface area contributed by atoms with E-state index in [4.69, 9.17) is 17.3 Å². The normalized spacial score (nSPS) is 10.8. The largest absolute Gasteiger partial charge is 0.397 e. The second kappa shape index (κ2) is 4.50. The minimum atomic E-state index is -0.490. The SMILES string of the molecule is Nc1cccc2c(-c3ccc([N+](=O)[O-])cc3Cl)n[nH]c12. The third-order valence-electron chi connectivity index (χ3n) is 3.05. The van der Waals surface area contributed by atoms with Gasteiger partial charge in [-0.05, 0) is 12.1 Å². The smallest absolute Gasteiger partial charge is 0.270 e. The molecule has 0 saturated heterocycles. The molecule has 1 heterocycles. The fourth-order valence-electron chi connectivity index (χ4n) is 2.08. The van der Waals surface area contributed by atoms with Crippen molar-refractivity contribution in [3.8, 4) is 11.3 Å². The maximum atomic E-state index is 10.7. The lowest BCUT2D eigenvalue weighted by molar-refractivity contribution is -0.384. The second-order valence-corrected chi connectivity index (χ2v) is 4.67. The van der Waals surface area contributed by atoms with Gasteiger partial charge >= 0.3 is 0 Å². The Bertz CT molecular complexity index is 828. The van der Waals surface area contributed by atoms with E-state index in [2.05, 4.69) is 10.2 Å². The Hall–Kier alpha value is -2.60. The van der Waals surface area contributed by atoms with E-state index in [0.29, 0.717) is 16.9 Å². The highest BCUT2D eigenvalue weighted by molar-refractivity contribution is 6.33. The Labute approximate surface area is 118 Å².